The highest BCUT2D eigenvalue weighted by molar-refractivity contribution is 8.00. The number of nitrogens with one attached hydrogen (secondary N) is 1. The fourth-order valence-corrected chi connectivity index (χ4v) is 4.51. The first-order chi connectivity index (χ1) is 12.7. The Hall–Kier alpha value is -1.28. The fourth-order valence-electron chi connectivity index (χ4n) is 3.60. The van der Waals surface area contributed by atoms with Crippen LogP contribution in [0.25, 0.3) is 0 Å². The summed E-state index contributed by atoms with van der Waals surface area (Å²) in [5.74, 6) is 0.996. The van der Waals surface area contributed by atoms with Crippen molar-refractivity contribution in [3.05, 3.63) is 0 Å². The highest BCUT2D eigenvalue weighted by Crippen LogP contribution is 2.26. The Morgan fingerprint density at radius 2 is 1.92 bits per heavy atom. The lowest BCUT2D eigenvalue weighted by Crippen LogP contribution is -2.39. The van der Waals surface area contributed by atoms with Gasteiger partial charge in [0.25, 0.3) is 0 Å². The van der Waals surface area contributed by atoms with Gasteiger partial charge < -0.3 is 15.0 Å². The zero-order valence-electron chi connectivity index (χ0n) is 15.9. The standard InChI is InChI=1S/C18H31N5O2S/c1-3-23-17(22-10-12-25-13-11-22)20-21-18(23)26-14(2)16(24)19-15-8-6-4-5-7-9-15/h14-15H,3-13H2,1-2H3,(H,19,24)/t14-/m0/s1. The molecule has 2 fully saturated rings. The number of nitrogens with zero attached hydrogens (tertiary/aromatic N) is 4. The number of amides is 1. The molecule has 7 nitrogen and oxygen atoms in total. The van der Waals surface area contributed by atoms with Crippen LogP contribution in [-0.2, 0) is 16.1 Å². The van der Waals surface area contributed by atoms with Gasteiger partial charge in [-0.25, -0.2) is 0 Å². The van der Waals surface area contributed by atoms with Gasteiger partial charge in [0.05, 0.1) is 18.5 Å². The van der Waals surface area contributed by atoms with Crippen LogP contribution >= 0.6 is 11.8 Å². The maximum absolute atomic E-state index is 12.6. The first-order valence-electron chi connectivity index (χ1n) is 9.92. The molecular weight excluding hydrogens is 350 g/mol. The van der Waals surface area contributed by atoms with E-state index in [1.807, 2.05) is 6.92 Å². The molecule has 1 N–H and O–H groups in total. The number of anilines is 1. The summed E-state index contributed by atoms with van der Waals surface area (Å²) in [5.41, 5.74) is 0. The Bertz CT molecular complexity index is 580. The van der Waals surface area contributed by atoms with Crippen LogP contribution in [0.4, 0.5) is 5.95 Å². The number of rotatable bonds is 6. The quantitative estimate of drug-likeness (QED) is 0.603. The molecule has 0 unspecified atom stereocenters. The van der Waals surface area contributed by atoms with Crippen LogP contribution in [0.15, 0.2) is 5.16 Å². The largest absolute Gasteiger partial charge is 0.378 e. The predicted octanol–water partition coefficient (Wildman–Crippen LogP) is 2.45. The monoisotopic (exact) mass is 381 g/mol. The molecule has 26 heavy (non-hydrogen) atoms. The van der Waals surface area contributed by atoms with Gasteiger partial charge in [-0.15, -0.1) is 10.2 Å². The SMILES string of the molecule is CCn1c(S[C@@H](C)C(=O)NC2CCCCCC2)nnc1N1CCOCC1. The van der Waals surface area contributed by atoms with E-state index in [9.17, 15) is 4.79 Å². The van der Waals surface area contributed by atoms with E-state index in [0.717, 1.165) is 56.8 Å². The van der Waals surface area contributed by atoms with Gasteiger partial charge in [-0.2, -0.15) is 0 Å². The Morgan fingerprint density at radius 3 is 2.58 bits per heavy atom. The molecule has 1 aliphatic carbocycles. The average Bonchev–Trinajstić information content (AvgIpc) is 2.88. The van der Waals surface area contributed by atoms with E-state index in [2.05, 4.69) is 31.9 Å². The smallest absolute Gasteiger partial charge is 0.233 e. The van der Waals surface area contributed by atoms with Crippen molar-refractivity contribution in [2.75, 3.05) is 31.2 Å². The number of morpholine rings is 1. The minimum Gasteiger partial charge on any atom is -0.378 e. The number of carbonyl (C=O) groups excluding carboxylic acids is 1. The fraction of sp³-hybridized carbons (Fsp3) is 0.833. The molecule has 2 aliphatic rings. The topological polar surface area (TPSA) is 72.3 Å². The third kappa shape index (κ3) is 4.91. The number of thioether (sulfide) groups is 1. The highest BCUT2D eigenvalue weighted by Gasteiger charge is 2.24. The molecule has 8 heteroatoms. The molecule has 3 rings (SSSR count). The van der Waals surface area contributed by atoms with E-state index in [4.69, 9.17) is 4.74 Å². The van der Waals surface area contributed by atoms with Crippen molar-refractivity contribution in [3.63, 3.8) is 0 Å². The van der Waals surface area contributed by atoms with Crippen molar-refractivity contribution in [2.45, 2.75) is 75.4 Å². The highest BCUT2D eigenvalue weighted by atomic mass is 32.2. The minimum absolute atomic E-state index is 0.112. The van der Waals surface area contributed by atoms with Gasteiger partial charge in [0.15, 0.2) is 5.16 Å². The van der Waals surface area contributed by atoms with Gasteiger partial charge in [-0.05, 0) is 26.7 Å². The van der Waals surface area contributed by atoms with Crippen LogP contribution in [0.1, 0.15) is 52.4 Å². The Balaban J connectivity index is 1.60. The second kappa shape index (κ2) is 9.60. The van der Waals surface area contributed by atoms with Gasteiger partial charge in [-0.1, -0.05) is 37.4 Å². The van der Waals surface area contributed by atoms with Crippen LogP contribution in [0.3, 0.4) is 0 Å². The van der Waals surface area contributed by atoms with E-state index < -0.39 is 0 Å². The summed E-state index contributed by atoms with van der Waals surface area (Å²) in [5, 5.41) is 12.6. The van der Waals surface area contributed by atoms with Crippen molar-refractivity contribution < 1.29 is 9.53 Å². The number of aromatic nitrogens is 3. The van der Waals surface area contributed by atoms with Gasteiger partial charge in [-0.3, -0.25) is 9.36 Å². The van der Waals surface area contributed by atoms with E-state index >= 15 is 0 Å². The van der Waals surface area contributed by atoms with Crippen molar-refractivity contribution in [1.29, 1.82) is 0 Å². The average molecular weight is 382 g/mol. The van der Waals surface area contributed by atoms with Gasteiger partial charge in [0, 0.05) is 25.7 Å². The molecule has 0 bridgehead atoms. The van der Waals surface area contributed by atoms with Crippen LogP contribution in [-0.4, -0.2) is 58.3 Å². The lowest BCUT2D eigenvalue weighted by Gasteiger charge is -2.27. The molecule has 1 saturated heterocycles. The van der Waals surface area contributed by atoms with E-state index in [1.54, 1.807) is 0 Å². The molecule has 1 aliphatic heterocycles. The Morgan fingerprint density at radius 1 is 1.23 bits per heavy atom. The van der Waals surface area contributed by atoms with Crippen LogP contribution < -0.4 is 10.2 Å². The second-order valence-corrected chi connectivity index (χ2v) is 8.39. The third-order valence-corrected chi connectivity index (χ3v) is 6.24. The first-order valence-corrected chi connectivity index (χ1v) is 10.8. The molecule has 2 heterocycles. The minimum atomic E-state index is -0.176. The molecule has 1 aromatic rings. The summed E-state index contributed by atoms with van der Waals surface area (Å²) >= 11 is 1.50. The normalized spacial score (nSPS) is 20.6. The maximum Gasteiger partial charge on any atom is 0.233 e. The van der Waals surface area contributed by atoms with Gasteiger partial charge in [0.2, 0.25) is 11.9 Å². The molecular formula is C18H31N5O2S. The predicted molar refractivity (Wildman–Crippen MR) is 104 cm³/mol. The van der Waals surface area contributed by atoms with Crippen LogP contribution in [0, 0.1) is 0 Å². The number of carbonyl (C=O) groups is 1. The molecule has 1 amide bonds. The van der Waals surface area contributed by atoms with E-state index in [-0.39, 0.29) is 11.2 Å². The molecule has 0 spiro atoms. The third-order valence-electron chi connectivity index (χ3n) is 5.16. The lowest BCUT2D eigenvalue weighted by atomic mass is 10.1. The maximum atomic E-state index is 12.6. The van der Waals surface area contributed by atoms with Crippen molar-refractivity contribution in [2.24, 2.45) is 0 Å². The first kappa shape index (κ1) is 19.5. The van der Waals surface area contributed by atoms with Crippen LogP contribution in [0.2, 0.25) is 0 Å². The molecule has 1 atom stereocenters. The molecule has 0 radical (unpaired) electrons. The summed E-state index contributed by atoms with van der Waals surface area (Å²) in [6.07, 6.45) is 7.24. The van der Waals surface area contributed by atoms with Crippen LogP contribution in [0.5, 0.6) is 0 Å². The van der Waals surface area contributed by atoms with Gasteiger partial charge >= 0.3 is 0 Å². The number of ether oxygens (including phenoxy) is 1. The summed E-state index contributed by atoms with van der Waals surface area (Å²) in [7, 11) is 0. The zero-order valence-corrected chi connectivity index (χ0v) is 16.8. The van der Waals surface area contributed by atoms with E-state index in [1.165, 1.54) is 37.4 Å². The molecule has 1 saturated carbocycles. The number of hydrogen-bond acceptors (Lipinski definition) is 6. The van der Waals surface area contributed by atoms with Gasteiger partial charge in [0.1, 0.15) is 0 Å². The van der Waals surface area contributed by atoms with E-state index in [0.29, 0.717) is 6.04 Å². The summed E-state index contributed by atoms with van der Waals surface area (Å²) in [6.45, 7) is 7.95. The van der Waals surface area contributed by atoms with Crippen molar-refractivity contribution in [3.8, 4) is 0 Å². The summed E-state index contributed by atoms with van der Waals surface area (Å²) in [6, 6.07) is 0.334. The second-order valence-electron chi connectivity index (χ2n) is 7.08. The molecule has 146 valence electrons. The summed E-state index contributed by atoms with van der Waals surface area (Å²) in [4.78, 5) is 14.8. The summed E-state index contributed by atoms with van der Waals surface area (Å²) < 4.78 is 7.52. The molecule has 0 aromatic carbocycles. The zero-order chi connectivity index (χ0) is 18.4. The molecule has 1 aromatic heterocycles. The number of hydrogen-bond donors (Lipinski definition) is 1. The Labute approximate surface area is 160 Å². The lowest BCUT2D eigenvalue weighted by molar-refractivity contribution is -0.121. The van der Waals surface area contributed by atoms with Crippen molar-refractivity contribution in [1.82, 2.24) is 20.1 Å². The Kier molecular flexibility index (Phi) is 7.19. The van der Waals surface area contributed by atoms with Crippen molar-refractivity contribution >= 4 is 23.6 Å².